The molecule has 162 valence electrons. The topological polar surface area (TPSA) is 88.8 Å². The van der Waals surface area contributed by atoms with E-state index in [-0.39, 0.29) is 24.4 Å². The molecule has 1 aromatic heterocycles. The third-order valence-corrected chi connectivity index (χ3v) is 4.98. The standard InChI is InChI=1S/C25H27NO5/c1-15(2)14-30-21-10-16(3)11-22-24(21)17(4)19(25(29)31-22)12-23(28)26-13-20(27)18-8-6-5-7-9-18/h5-11,20,27H,1,12-14H2,2-4H3,(H,26,28)/t20-/m0/s1. The molecule has 0 bridgehead atoms. The van der Waals surface area contributed by atoms with Crippen molar-refractivity contribution < 1.29 is 19.1 Å². The monoisotopic (exact) mass is 421 g/mol. The highest BCUT2D eigenvalue weighted by molar-refractivity contribution is 5.89. The minimum absolute atomic E-state index is 0.0486. The van der Waals surface area contributed by atoms with E-state index < -0.39 is 11.7 Å². The van der Waals surface area contributed by atoms with Crippen LogP contribution < -0.4 is 15.7 Å². The molecule has 2 N–H and O–H groups in total. The molecule has 1 heterocycles. The highest BCUT2D eigenvalue weighted by atomic mass is 16.5. The van der Waals surface area contributed by atoms with Gasteiger partial charge >= 0.3 is 5.63 Å². The first-order valence-corrected chi connectivity index (χ1v) is 10.1. The summed E-state index contributed by atoms with van der Waals surface area (Å²) in [5.74, 6) is 0.210. The van der Waals surface area contributed by atoms with Crippen LogP contribution in [0.15, 0.2) is 63.8 Å². The molecule has 0 unspecified atom stereocenters. The Hall–Kier alpha value is -3.38. The molecule has 3 aromatic rings. The molecule has 1 atom stereocenters. The van der Waals surface area contributed by atoms with Gasteiger partial charge in [-0.1, -0.05) is 36.9 Å². The third-order valence-electron chi connectivity index (χ3n) is 4.98. The van der Waals surface area contributed by atoms with Crippen LogP contribution in [0.4, 0.5) is 0 Å². The average Bonchev–Trinajstić information content (AvgIpc) is 2.73. The van der Waals surface area contributed by atoms with Gasteiger partial charge in [-0.25, -0.2) is 4.79 Å². The predicted molar refractivity (Wildman–Crippen MR) is 120 cm³/mol. The maximum Gasteiger partial charge on any atom is 0.340 e. The maximum atomic E-state index is 12.6. The van der Waals surface area contributed by atoms with Gasteiger partial charge in [0.25, 0.3) is 0 Å². The molecule has 0 aliphatic carbocycles. The van der Waals surface area contributed by atoms with E-state index in [9.17, 15) is 14.7 Å². The fourth-order valence-electron chi connectivity index (χ4n) is 3.38. The summed E-state index contributed by atoms with van der Waals surface area (Å²) in [6.07, 6.45) is -0.983. The van der Waals surface area contributed by atoms with E-state index >= 15 is 0 Å². The van der Waals surface area contributed by atoms with Crippen molar-refractivity contribution in [2.75, 3.05) is 13.2 Å². The number of fused-ring (bicyclic) bond motifs is 1. The number of carbonyl (C=O) groups excluding carboxylic acids is 1. The van der Waals surface area contributed by atoms with E-state index in [0.717, 1.165) is 11.1 Å². The first kappa shape index (κ1) is 22.3. The summed E-state index contributed by atoms with van der Waals surface area (Å²) in [4.78, 5) is 25.1. The summed E-state index contributed by atoms with van der Waals surface area (Å²) in [7, 11) is 0. The fourth-order valence-corrected chi connectivity index (χ4v) is 3.38. The maximum absolute atomic E-state index is 12.6. The Morgan fingerprint density at radius 1 is 1.23 bits per heavy atom. The highest BCUT2D eigenvalue weighted by Gasteiger charge is 2.19. The molecular weight excluding hydrogens is 394 g/mol. The predicted octanol–water partition coefficient (Wildman–Crippen LogP) is 3.76. The lowest BCUT2D eigenvalue weighted by Gasteiger charge is -2.15. The average molecular weight is 421 g/mol. The summed E-state index contributed by atoms with van der Waals surface area (Å²) in [5, 5.41) is 13.6. The smallest absolute Gasteiger partial charge is 0.340 e. The van der Waals surface area contributed by atoms with Gasteiger partial charge in [0.2, 0.25) is 5.91 Å². The molecule has 0 aliphatic rings. The van der Waals surface area contributed by atoms with Crippen molar-refractivity contribution in [3.8, 4) is 5.75 Å². The van der Waals surface area contributed by atoms with Crippen LogP contribution in [0.1, 0.15) is 35.3 Å². The number of ether oxygens (including phenoxy) is 1. The van der Waals surface area contributed by atoms with E-state index in [1.165, 1.54) is 0 Å². The van der Waals surface area contributed by atoms with E-state index in [0.29, 0.717) is 34.5 Å². The second-order valence-corrected chi connectivity index (χ2v) is 7.78. The van der Waals surface area contributed by atoms with Crippen molar-refractivity contribution in [1.29, 1.82) is 0 Å². The molecule has 0 saturated heterocycles. The number of hydrogen-bond acceptors (Lipinski definition) is 5. The van der Waals surface area contributed by atoms with Crippen LogP contribution in [0.25, 0.3) is 11.0 Å². The minimum Gasteiger partial charge on any atom is -0.488 e. The first-order chi connectivity index (χ1) is 14.8. The Bertz CT molecular complexity index is 1160. The van der Waals surface area contributed by atoms with Crippen LogP contribution in [0, 0.1) is 13.8 Å². The number of aliphatic hydroxyl groups is 1. The molecular formula is C25H27NO5. The van der Waals surface area contributed by atoms with Gasteiger partial charge in [-0.15, -0.1) is 0 Å². The van der Waals surface area contributed by atoms with Gasteiger partial charge < -0.3 is 19.6 Å². The molecule has 0 spiro atoms. The Kier molecular flexibility index (Phi) is 6.92. The summed E-state index contributed by atoms with van der Waals surface area (Å²) in [6.45, 7) is 9.77. The lowest BCUT2D eigenvalue weighted by atomic mass is 10.0. The molecule has 0 saturated carbocycles. The lowest BCUT2D eigenvalue weighted by molar-refractivity contribution is -0.120. The molecule has 0 fully saturated rings. The normalized spacial score (nSPS) is 11.9. The molecule has 6 heteroatoms. The summed E-state index contributed by atoms with van der Waals surface area (Å²) in [6, 6.07) is 12.7. The van der Waals surface area contributed by atoms with E-state index in [2.05, 4.69) is 11.9 Å². The molecule has 1 amide bonds. The minimum atomic E-state index is -0.829. The Labute approximate surface area is 181 Å². The zero-order valence-electron chi connectivity index (χ0n) is 18.0. The SMILES string of the molecule is C=C(C)COc1cc(C)cc2oc(=O)c(CC(=O)NC[C@H](O)c3ccccc3)c(C)c12. The van der Waals surface area contributed by atoms with E-state index in [1.807, 2.05) is 38.1 Å². The number of aliphatic hydroxyl groups excluding tert-OH is 1. The van der Waals surface area contributed by atoms with Gasteiger partial charge in [-0.2, -0.15) is 0 Å². The number of amides is 1. The van der Waals surface area contributed by atoms with Crippen LogP contribution in [0.5, 0.6) is 5.75 Å². The first-order valence-electron chi connectivity index (χ1n) is 10.1. The van der Waals surface area contributed by atoms with Gasteiger partial charge in [-0.05, 0) is 55.2 Å². The molecule has 0 aliphatic heterocycles. The molecule has 31 heavy (non-hydrogen) atoms. The summed E-state index contributed by atoms with van der Waals surface area (Å²) >= 11 is 0. The number of carbonyl (C=O) groups is 1. The molecule has 0 radical (unpaired) electrons. The fraction of sp³-hybridized carbons (Fsp3) is 0.280. The van der Waals surface area contributed by atoms with Crippen LogP contribution in [0.2, 0.25) is 0 Å². The van der Waals surface area contributed by atoms with Crippen LogP contribution >= 0.6 is 0 Å². The summed E-state index contributed by atoms with van der Waals surface area (Å²) < 4.78 is 11.4. The zero-order chi connectivity index (χ0) is 22.5. The Morgan fingerprint density at radius 3 is 2.61 bits per heavy atom. The van der Waals surface area contributed by atoms with Gasteiger partial charge in [0.05, 0.1) is 23.5 Å². The van der Waals surface area contributed by atoms with Crippen LogP contribution in [-0.4, -0.2) is 24.2 Å². The number of benzene rings is 2. The molecule has 3 rings (SSSR count). The van der Waals surface area contributed by atoms with Gasteiger partial charge in [0.15, 0.2) is 0 Å². The highest BCUT2D eigenvalue weighted by Crippen LogP contribution is 2.31. The Morgan fingerprint density at radius 2 is 1.94 bits per heavy atom. The van der Waals surface area contributed by atoms with Crippen molar-refractivity contribution in [3.05, 3.63) is 87.3 Å². The quantitative estimate of drug-likeness (QED) is 0.427. The third kappa shape index (κ3) is 5.41. The lowest BCUT2D eigenvalue weighted by Crippen LogP contribution is -2.31. The Balaban J connectivity index is 1.83. The second-order valence-electron chi connectivity index (χ2n) is 7.78. The van der Waals surface area contributed by atoms with Crippen molar-refractivity contribution in [3.63, 3.8) is 0 Å². The second kappa shape index (κ2) is 9.62. The summed E-state index contributed by atoms with van der Waals surface area (Å²) in [5.41, 5.74) is 3.24. The zero-order valence-corrected chi connectivity index (χ0v) is 18.0. The molecule has 6 nitrogen and oxygen atoms in total. The number of rotatable bonds is 8. The number of aryl methyl sites for hydroxylation is 2. The van der Waals surface area contributed by atoms with Crippen molar-refractivity contribution in [2.24, 2.45) is 0 Å². The van der Waals surface area contributed by atoms with Crippen molar-refractivity contribution >= 4 is 16.9 Å². The largest absolute Gasteiger partial charge is 0.488 e. The van der Waals surface area contributed by atoms with Gasteiger partial charge in [0, 0.05) is 6.54 Å². The number of nitrogens with one attached hydrogen (secondary N) is 1. The van der Waals surface area contributed by atoms with Crippen LogP contribution in [-0.2, 0) is 11.2 Å². The van der Waals surface area contributed by atoms with Gasteiger partial charge in [-0.3, -0.25) is 4.79 Å². The van der Waals surface area contributed by atoms with E-state index in [1.54, 1.807) is 25.1 Å². The van der Waals surface area contributed by atoms with Gasteiger partial charge in [0.1, 0.15) is 17.9 Å². The number of hydrogen-bond donors (Lipinski definition) is 2. The van der Waals surface area contributed by atoms with Crippen molar-refractivity contribution in [2.45, 2.75) is 33.3 Å². The van der Waals surface area contributed by atoms with Crippen LogP contribution in [0.3, 0.4) is 0 Å². The molecule has 2 aromatic carbocycles. The van der Waals surface area contributed by atoms with Crippen molar-refractivity contribution in [1.82, 2.24) is 5.32 Å². The van der Waals surface area contributed by atoms with E-state index in [4.69, 9.17) is 9.15 Å².